The molecule has 2 heteroatoms. The lowest BCUT2D eigenvalue weighted by Gasteiger charge is -2.26. The summed E-state index contributed by atoms with van der Waals surface area (Å²) in [6, 6.07) is 18.0. The van der Waals surface area contributed by atoms with Crippen LogP contribution in [0.15, 0.2) is 65.2 Å². The number of benzene rings is 2. The Morgan fingerprint density at radius 1 is 0.893 bits per heavy atom. The minimum atomic E-state index is 0.436. The van der Waals surface area contributed by atoms with Crippen LogP contribution in [0.3, 0.4) is 0 Å². The highest BCUT2D eigenvalue weighted by atomic mass is 15.2. The van der Waals surface area contributed by atoms with Crippen LogP contribution in [0.5, 0.6) is 0 Å². The molecule has 0 aliphatic heterocycles. The molecule has 2 unspecified atom stereocenters. The minimum Gasteiger partial charge on any atom is -0.299 e. The fourth-order valence-corrected chi connectivity index (χ4v) is 3.88. The van der Waals surface area contributed by atoms with Gasteiger partial charge >= 0.3 is 0 Å². The van der Waals surface area contributed by atoms with Crippen molar-refractivity contribution >= 4 is 17.2 Å². The summed E-state index contributed by atoms with van der Waals surface area (Å²) in [5.74, 6) is 1.80. The Morgan fingerprint density at radius 2 is 1.43 bits per heavy atom. The van der Waals surface area contributed by atoms with E-state index in [0.29, 0.717) is 12.0 Å². The van der Waals surface area contributed by atoms with Crippen LogP contribution in [0.2, 0.25) is 0 Å². The molecule has 1 aliphatic rings. The summed E-state index contributed by atoms with van der Waals surface area (Å²) in [5.41, 5.74) is 6.52. The SMILES string of the molecule is CC/C=C(\CC)C1CC1/N=C(/CC)N(c1ccc(C)cc1)c1ccc(C)cc1. The highest BCUT2D eigenvalue weighted by Crippen LogP contribution is 2.42. The van der Waals surface area contributed by atoms with Gasteiger partial charge in [0.15, 0.2) is 0 Å². The molecule has 0 radical (unpaired) electrons. The Bertz CT molecular complexity index is 782. The largest absolute Gasteiger partial charge is 0.299 e. The first-order chi connectivity index (χ1) is 13.6. The molecule has 0 saturated heterocycles. The Labute approximate surface area is 171 Å². The maximum atomic E-state index is 5.24. The number of hydrogen-bond acceptors (Lipinski definition) is 1. The monoisotopic (exact) mass is 374 g/mol. The van der Waals surface area contributed by atoms with Crippen molar-refractivity contribution in [1.29, 1.82) is 0 Å². The van der Waals surface area contributed by atoms with E-state index in [-0.39, 0.29) is 0 Å². The first-order valence-electron chi connectivity index (χ1n) is 10.8. The Morgan fingerprint density at radius 3 is 1.86 bits per heavy atom. The predicted molar refractivity (Wildman–Crippen MR) is 123 cm³/mol. The Hall–Kier alpha value is -2.35. The number of allylic oxidation sites excluding steroid dienone is 1. The van der Waals surface area contributed by atoms with E-state index in [0.717, 1.165) is 25.1 Å². The maximum Gasteiger partial charge on any atom is 0.108 e. The van der Waals surface area contributed by atoms with Gasteiger partial charge in [-0.1, -0.05) is 67.8 Å². The molecule has 0 bridgehead atoms. The van der Waals surface area contributed by atoms with E-state index < -0.39 is 0 Å². The predicted octanol–water partition coefficient (Wildman–Crippen LogP) is 7.38. The van der Waals surface area contributed by atoms with E-state index in [1.807, 2.05) is 0 Å². The second-order valence-electron chi connectivity index (χ2n) is 7.86. The van der Waals surface area contributed by atoms with Gasteiger partial charge in [0, 0.05) is 23.7 Å². The molecule has 0 heterocycles. The summed E-state index contributed by atoms with van der Waals surface area (Å²) < 4.78 is 0. The van der Waals surface area contributed by atoms with Gasteiger partial charge in [-0.2, -0.15) is 0 Å². The van der Waals surface area contributed by atoms with E-state index in [2.05, 4.69) is 94.1 Å². The number of nitrogens with zero attached hydrogens (tertiary/aromatic N) is 2. The number of hydrogen-bond donors (Lipinski definition) is 0. The van der Waals surface area contributed by atoms with Crippen molar-refractivity contribution in [2.45, 2.75) is 66.3 Å². The molecule has 28 heavy (non-hydrogen) atoms. The molecule has 0 aromatic heterocycles. The zero-order chi connectivity index (χ0) is 20.1. The van der Waals surface area contributed by atoms with Gasteiger partial charge in [-0.25, -0.2) is 0 Å². The molecule has 1 saturated carbocycles. The molecule has 2 atom stereocenters. The van der Waals surface area contributed by atoms with Crippen LogP contribution in [0.25, 0.3) is 0 Å². The van der Waals surface area contributed by atoms with E-state index in [1.165, 1.54) is 28.9 Å². The summed E-state index contributed by atoms with van der Waals surface area (Å²) in [7, 11) is 0. The second kappa shape index (κ2) is 9.23. The van der Waals surface area contributed by atoms with E-state index in [1.54, 1.807) is 5.57 Å². The normalized spacial score (nSPS) is 19.6. The summed E-state index contributed by atoms with van der Waals surface area (Å²) in [4.78, 5) is 7.58. The highest BCUT2D eigenvalue weighted by Gasteiger charge is 2.39. The molecule has 0 amide bonds. The average Bonchev–Trinajstić information content (AvgIpc) is 3.47. The molecule has 2 nitrogen and oxygen atoms in total. The molecular formula is C26H34N2. The first kappa shape index (κ1) is 20.4. The van der Waals surface area contributed by atoms with Crippen molar-refractivity contribution in [1.82, 2.24) is 0 Å². The minimum absolute atomic E-state index is 0.436. The highest BCUT2D eigenvalue weighted by molar-refractivity contribution is 6.04. The van der Waals surface area contributed by atoms with E-state index >= 15 is 0 Å². The number of rotatable bonds is 7. The summed E-state index contributed by atoms with van der Waals surface area (Å²) in [5, 5.41) is 0. The molecule has 2 aromatic carbocycles. The fraction of sp³-hybridized carbons (Fsp3) is 0.423. The van der Waals surface area contributed by atoms with Gasteiger partial charge in [-0.15, -0.1) is 0 Å². The lowest BCUT2D eigenvalue weighted by atomic mass is 10.1. The van der Waals surface area contributed by atoms with Crippen molar-refractivity contribution in [3.63, 3.8) is 0 Å². The van der Waals surface area contributed by atoms with Crippen molar-refractivity contribution in [2.24, 2.45) is 10.9 Å². The van der Waals surface area contributed by atoms with Crippen LogP contribution >= 0.6 is 0 Å². The zero-order valence-electron chi connectivity index (χ0n) is 18.1. The molecule has 148 valence electrons. The van der Waals surface area contributed by atoms with Crippen LogP contribution in [0.4, 0.5) is 11.4 Å². The lowest BCUT2D eigenvalue weighted by Crippen LogP contribution is -2.26. The lowest BCUT2D eigenvalue weighted by molar-refractivity contribution is 0.846. The van der Waals surface area contributed by atoms with Gasteiger partial charge in [0.1, 0.15) is 5.84 Å². The molecule has 1 fully saturated rings. The fourth-order valence-electron chi connectivity index (χ4n) is 3.88. The average molecular weight is 375 g/mol. The van der Waals surface area contributed by atoms with Crippen molar-refractivity contribution in [2.75, 3.05) is 4.90 Å². The third kappa shape index (κ3) is 4.73. The van der Waals surface area contributed by atoms with Gasteiger partial charge in [0.2, 0.25) is 0 Å². The molecule has 0 N–H and O–H groups in total. The molecular weight excluding hydrogens is 340 g/mol. The van der Waals surface area contributed by atoms with Gasteiger partial charge in [0.25, 0.3) is 0 Å². The second-order valence-corrected chi connectivity index (χ2v) is 7.86. The van der Waals surface area contributed by atoms with Gasteiger partial charge < -0.3 is 0 Å². The topological polar surface area (TPSA) is 15.6 Å². The molecule has 3 rings (SSSR count). The number of amidine groups is 1. The third-order valence-corrected chi connectivity index (χ3v) is 5.58. The van der Waals surface area contributed by atoms with E-state index in [9.17, 15) is 0 Å². The van der Waals surface area contributed by atoms with Crippen LogP contribution in [-0.2, 0) is 0 Å². The van der Waals surface area contributed by atoms with Gasteiger partial charge in [0.05, 0.1) is 6.04 Å². The van der Waals surface area contributed by atoms with Crippen LogP contribution in [0, 0.1) is 19.8 Å². The summed E-state index contributed by atoms with van der Waals surface area (Å²) in [6.45, 7) is 11.0. The Balaban J connectivity index is 1.95. The number of aliphatic imine (C=N–C) groups is 1. The van der Waals surface area contributed by atoms with Crippen LogP contribution in [0.1, 0.15) is 57.6 Å². The van der Waals surface area contributed by atoms with E-state index in [4.69, 9.17) is 4.99 Å². The van der Waals surface area contributed by atoms with Crippen molar-refractivity contribution < 1.29 is 0 Å². The van der Waals surface area contributed by atoms with Crippen molar-refractivity contribution in [3.05, 3.63) is 71.3 Å². The standard InChI is InChI=1S/C26H34N2/c1-6-9-21(7-2)24-18-25(24)27-26(8-3)28(22-14-10-19(4)11-15-22)23-16-12-20(5)13-17-23/h9-17,24-25H,6-8,18H2,1-5H3/b21-9+,27-26-. The third-order valence-electron chi connectivity index (χ3n) is 5.58. The smallest absolute Gasteiger partial charge is 0.108 e. The molecule has 1 aliphatic carbocycles. The zero-order valence-corrected chi connectivity index (χ0v) is 18.1. The first-order valence-corrected chi connectivity index (χ1v) is 10.8. The van der Waals surface area contributed by atoms with Gasteiger partial charge in [-0.05, 0) is 57.4 Å². The van der Waals surface area contributed by atoms with Crippen LogP contribution in [-0.4, -0.2) is 11.9 Å². The summed E-state index contributed by atoms with van der Waals surface area (Å²) >= 11 is 0. The maximum absolute atomic E-state index is 5.24. The van der Waals surface area contributed by atoms with Gasteiger partial charge in [-0.3, -0.25) is 9.89 Å². The van der Waals surface area contributed by atoms with Crippen molar-refractivity contribution in [3.8, 4) is 0 Å². The summed E-state index contributed by atoms with van der Waals surface area (Å²) in [6.07, 6.45) is 6.79. The molecule has 2 aromatic rings. The quantitative estimate of drug-likeness (QED) is 0.280. The number of aryl methyl sites for hydroxylation is 2. The number of anilines is 2. The molecule has 0 spiro atoms. The Kier molecular flexibility index (Phi) is 6.72. The van der Waals surface area contributed by atoms with Crippen LogP contribution < -0.4 is 4.90 Å².